The molecular formula is C18H22N4O4. The van der Waals surface area contributed by atoms with Crippen molar-refractivity contribution in [3.63, 3.8) is 0 Å². The lowest BCUT2D eigenvalue weighted by Crippen LogP contribution is -2.43. The average molecular weight is 358 g/mol. The Balaban J connectivity index is 1.80. The van der Waals surface area contributed by atoms with E-state index >= 15 is 0 Å². The Hall–Kier alpha value is -3.26. The van der Waals surface area contributed by atoms with Crippen molar-refractivity contribution >= 4 is 23.4 Å². The predicted molar refractivity (Wildman–Crippen MR) is 99.3 cm³/mol. The second-order valence-corrected chi connectivity index (χ2v) is 5.86. The molecule has 8 heteroatoms. The predicted octanol–water partition coefficient (Wildman–Crippen LogP) is 3.13. The first-order valence-electron chi connectivity index (χ1n) is 8.04. The summed E-state index contributed by atoms with van der Waals surface area (Å²) >= 11 is 0. The third kappa shape index (κ3) is 5.67. The summed E-state index contributed by atoms with van der Waals surface area (Å²) in [6.45, 7) is 5.86. The molecule has 0 aliphatic rings. The molecule has 2 amide bonds. The van der Waals surface area contributed by atoms with E-state index in [0.29, 0.717) is 5.69 Å². The molecule has 0 bridgehead atoms. The Morgan fingerprint density at radius 3 is 2.27 bits per heavy atom. The van der Waals surface area contributed by atoms with E-state index in [0.717, 1.165) is 17.0 Å². The summed E-state index contributed by atoms with van der Waals surface area (Å²) in [4.78, 5) is 22.6. The van der Waals surface area contributed by atoms with Gasteiger partial charge in [-0.2, -0.15) is 0 Å². The second kappa shape index (κ2) is 8.72. The molecule has 5 N–H and O–H groups in total. The Morgan fingerprint density at radius 2 is 1.69 bits per heavy atom. The van der Waals surface area contributed by atoms with Crippen LogP contribution >= 0.6 is 0 Å². The Morgan fingerprint density at radius 1 is 1.04 bits per heavy atom. The number of hydrogen-bond donors (Lipinski definition) is 5. The van der Waals surface area contributed by atoms with E-state index in [-0.39, 0.29) is 11.7 Å². The molecule has 0 aromatic heterocycles. The average Bonchev–Trinajstić information content (AvgIpc) is 2.57. The van der Waals surface area contributed by atoms with Crippen molar-refractivity contribution in [2.24, 2.45) is 0 Å². The van der Waals surface area contributed by atoms with Crippen LogP contribution in [0.2, 0.25) is 0 Å². The van der Waals surface area contributed by atoms with Gasteiger partial charge in [-0.05, 0) is 68.8 Å². The summed E-state index contributed by atoms with van der Waals surface area (Å²) in [6, 6.07) is 10.9. The smallest absolute Gasteiger partial charge is 0.335 e. The van der Waals surface area contributed by atoms with Crippen molar-refractivity contribution < 1.29 is 19.4 Å². The fourth-order valence-electron chi connectivity index (χ4n) is 2.13. The van der Waals surface area contributed by atoms with Gasteiger partial charge in [0, 0.05) is 5.69 Å². The van der Waals surface area contributed by atoms with E-state index in [4.69, 9.17) is 9.84 Å². The summed E-state index contributed by atoms with van der Waals surface area (Å²) in [6.07, 6.45) is 0.0977. The molecule has 0 aliphatic carbocycles. The van der Waals surface area contributed by atoms with Gasteiger partial charge in [-0.1, -0.05) is 0 Å². The van der Waals surface area contributed by atoms with Gasteiger partial charge in [0.25, 0.3) is 0 Å². The largest absolute Gasteiger partial charge is 0.491 e. The molecule has 138 valence electrons. The van der Waals surface area contributed by atoms with Gasteiger partial charge < -0.3 is 20.6 Å². The van der Waals surface area contributed by atoms with Gasteiger partial charge in [-0.3, -0.25) is 5.43 Å². The molecule has 0 heterocycles. The molecule has 0 fully saturated rings. The number of carbonyl (C=O) groups excluding carboxylic acids is 1. The molecule has 0 radical (unpaired) electrons. The number of benzene rings is 2. The maximum Gasteiger partial charge on any atom is 0.335 e. The zero-order valence-electron chi connectivity index (χ0n) is 14.8. The first-order valence-corrected chi connectivity index (χ1v) is 8.04. The molecule has 0 spiro atoms. The molecule has 0 saturated carbocycles. The van der Waals surface area contributed by atoms with Crippen LogP contribution in [0, 0.1) is 6.92 Å². The third-order valence-electron chi connectivity index (χ3n) is 3.31. The van der Waals surface area contributed by atoms with Crippen LogP contribution in [0.3, 0.4) is 0 Å². The lowest BCUT2D eigenvalue weighted by Gasteiger charge is -2.15. The minimum Gasteiger partial charge on any atom is -0.491 e. The first-order chi connectivity index (χ1) is 12.3. The van der Waals surface area contributed by atoms with Crippen LogP contribution < -0.4 is 26.4 Å². The van der Waals surface area contributed by atoms with Crippen molar-refractivity contribution in [2.75, 3.05) is 10.7 Å². The number of carboxylic acids is 1. The van der Waals surface area contributed by atoms with Crippen molar-refractivity contribution in [3.8, 4) is 5.75 Å². The number of amides is 2. The highest BCUT2D eigenvalue weighted by molar-refractivity contribution is 5.91. The number of carboxylic acid groups (broad SMARTS) is 1. The van der Waals surface area contributed by atoms with Crippen molar-refractivity contribution in [1.29, 1.82) is 0 Å². The molecule has 0 aliphatic heterocycles. The summed E-state index contributed by atoms with van der Waals surface area (Å²) in [5.41, 5.74) is 10.2. The molecule has 2 aromatic rings. The number of hydrazine groups is 2. The maximum absolute atomic E-state index is 11.8. The number of carbonyl (C=O) groups is 2. The normalized spacial score (nSPS) is 10.3. The highest BCUT2D eigenvalue weighted by atomic mass is 16.5. The maximum atomic E-state index is 11.8. The first kappa shape index (κ1) is 19.1. The molecule has 2 aromatic carbocycles. The molecule has 26 heavy (non-hydrogen) atoms. The number of nitrogens with one attached hydrogen (secondary N) is 4. The highest BCUT2D eigenvalue weighted by Gasteiger charge is 2.05. The van der Waals surface area contributed by atoms with Crippen LogP contribution in [0.15, 0.2) is 42.5 Å². The van der Waals surface area contributed by atoms with E-state index in [1.54, 1.807) is 0 Å². The van der Waals surface area contributed by atoms with E-state index in [2.05, 4.69) is 21.7 Å². The van der Waals surface area contributed by atoms with E-state index in [1.165, 1.54) is 24.3 Å². The highest BCUT2D eigenvalue weighted by Crippen LogP contribution is 2.22. The fraction of sp³-hybridized carbons (Fsp3) is 0.222. The Labute approximate surface area is 151 Å². The standard InChI is InChI=1S/C18H22N4O4/c1-11(2)26-16-9-8-15(10-12(16)3)20-22-21-18(25)19-14-6-4-13(5-7-14)17(23)24/h4-11,20,22H,1-3H3,(H,23,24)(H2,19,21,25). The lowest BCUT2D eigenvalue weighted by atomic mass is 10.2. The van der Waals surface area contributed by atoms with E-state index in [9.17, 15) is 9.59 Å². The van der Waals surface area contributed by atoms with Crippen LogP contribution in [0.1, 0.15) is 29.8 Å². The van der Waals surface area contributed by atoms with E-state index < -0.39 is 12.0 Å². The van der Waals surface area contributed by atoms with Crippen LogP contribution in [0.5, 0.6) is 5.75 Å². The number of anilines is 2. The van der Waals surface area contributed by atoms with Crippen molar-refractivity contribution in [1.82, 2.24) is 11.0 Å². The molecule has 0 atom stereocenters. The van der Waals surface area contributed by atoms with Crippen LogP contribution in [-0.2, 0) is 0 Å². The van der Waals surface area contributed by atoms with Gasteiger partial charge in [-0.25, -0.2) is 9.59 Å². The number of rotatable bonds is 7. The third-order valence-corrected chi connectivity index (χ3v) is 3.31. The zero-order chi connectivity index (χ0) is 19.1. The van der Waals surface area contributed by atoms with Gasteiger partial charge in [0.15, 0.2) is 0 Å². The summed E-state index contributed by atoms with van der Waals surface area (Å²) in [5.74, 6) is -0.215. The van der Waals surface area contributed by atoms with Crippen molar-refractivity contribution in [2.45, 2.75) is 26.9 Å². The molecule has 2 rings (SSSR count). The molecule has 0 saturated heterocycles. The fourth-order valence-corrected chi connectivity index (χ4v) is 2.13. The summed E-state index contributed by atoms with van der Waals surface area (Å²) < 4.78 is 5.67. The second-order valence-electron chi connectivity index (χ2n) is 5.86. The number of aryl methyl sites for hydroxylation is 1. The Bertz CT molecular complexity index is 775. The van der Waals surface area contributed by atoms with E-state index in [1.807, 2.05) is 39.0 Å². The minimum absolute atomic E-state index is 0.0977. The van der Waals surface area contributed by atoms with Gasteiger partial charge in [0.1, 0.15) is 5.75 Å². The van der Waals surface area contributed by atoms with Crippen molar-refractivity contribution in [3.05, 3.63) is 53.6 Å². The van der Waals surface area contributed by atoms with Crippen LogP contribution in [-0.4, -0.2) is 23.2 Å². The number of urea groups is 1. The lowest BCUT2D eigenvalue weighted by molar-refractivity contribution is 0.0697. The minimum atomic E-state index is -1.02. The number of ether oxygens (including phenoxy) is 1. The summed E-state index contributed by atoms with van der Waals surface area (Å²) in [7, 11) is 0. The summed E-state index contributed by atoms with van der Waals surface area (Å²) in [5, 5.41) is 11.4. The quantitative estimate of drug-likeness (QED) is 0.486. The molecule has 8 nitrogen and oxygen atoms in total. The number of hydrogen-bond acceptors (Lipinski definition) is 5. The SMILES string of the molecule is Cc1cc(NNNC(=O)Nc2ccc(C(=O)O)cc2)ccc1OC(C)C. The van der Waals surface area contributed by atoms with Gasteiger partial charge >= 0.3 is 12.0 Å². The van der Waals surface area contributed by atoms with Gasteiger partial charge in [-0.15, -0.1) is 5.53 Å². The van der Waals surface area contributed by atoms with Gasteiger partial charge in [0.05, 0.1) is 17.4 Å². The monoisotopic (exact) mass is 358 g/mol. The van der Waals surface area contributed by atoms with Gasteiger partial charge in [0.2, 0.25) is 0 Å². The van der Waals surface area contributed by atoms with Crippen LogP contribution in [0.25, 0.3) is 0 Å². The molecule has 0 unspecified atom stereocenters. The molecular weight excluding hydrogens is 336 g/mol. The van der Waals surface area contributed by atoms with Crippen LogP contribution in [0.4, 0.5) is 16.2 Å². The topological polar surface area (TPSA) is 112 Å². The Kier molecular flexibility index (Phi) is 6.40. The number of aromatic carboxylic acids is 1. The zero-order valence-corrected chi connectivity index (χ0v) is 14.8.